The maximum atomic E-state index is 12.4. The average molecular weight is 312 g/mol. The molecule has 1 aromatic rings. The third-order valence-corrected chi connectivity index (χ3v) is 4.93. The van der Waals surface area contributed by atoms with Crippen molar-refractivity contribution in [3.8, 4) is 0 Å². The van der Waals surface area contributed by atoms with Gasteiger partial charge in [-0.05, 0) is 44.5 Å². The van der Waals surface area contributed by atoms with Crippen LogP contribution >= 0.6 is 0 Å². The Morgan fingerprint density at radius 3 is 2.76 bits per heavy atom. The highest BCUT2D eigenvalue weighted by Crippen LogP contribution is 2.17. The summed E-state index contributed by atoms with van der Waals surface area (Å²) in [5, 5.41) is 3.19. The van der Waals surface area contributed by atoms with Crippen LogP contribution < -0.4 is 10.0 Å². The predicted octanol–water partition coefficient (Wildman–Crippen LogP) is 1.28. The van der Waals surface area contributed by atoms with Gasteiger partial charge in [0.25, 0.3) is 10.0 Å². The molecule has 118 valence electrons. The van der Waals surface area contributed by atoms with Gasteiger partial charge in [0.15, 0.2) is 5.03 Å². The van der Waals surface area contributed by atoms with Gasteiger partial charge in [-0.15, -0.1) is 0 Å². The normalized spacial score (nSPS) is 16.2. The minimum atomic E-state index is -3.56. The van der Waals surface area contributed by atoms with Crippen LogP contribution in [0.3, 0.4) is 0 Å². The minimum absolute atomic E-state index is 0.0832. The van der Waals surface area contributed by atoms with E-state index >= 15 is 0 Å². The van der Waals surface area contributed by atoms with E-state index < -0.39 is 10.0 Å². The van der Waals surface area contributed by atoms with Gasteiger partial charge in [0.2, 0.25) is 0 Å². The number of anilines is 1. The molecular formula is C14H24N4O2S. The number of hydrogen-bond donors (Lipinski definition) is 2. The Kier molecular flexibility index (Phi) is 5.96. The number of sulfonamides is 1. The lowest BCUT2D eigenvalue weighted by molar-refractivity contribution is 0.344. The first-order valence-corrected chi connectivity index (χ1v) is 9.02. The molecule has 0 aliphatic carbocycles. The predicted molar refractivity (Wildman–Crippen MR) is 83.9 cm³/mol. The van der Waals surface area contributed by atoms with Gasteiger partial charge >= 0.3 is 0 Å². The van der Waals surface area contributed by atoms with Crippen LogP contribution in [0, 0.1) is 0 Å². The molecule has 6 nitrogen and oxygen atoms in total. The summed E-state index contributed by atoms with van der Waals surface area (Å²) in [6.45, 7) is 6.06. The van der Waals surface area contributed by atoms with Crippen LogP contribution in [0.2, 0.25) is 0 Å². The van der Waals surface area contributed by atoms with E-state index in [1.54, 1.807) is 12.1 Å². The molecule has 0 radical (unpaired) electrons. The van der Waals surface area contributed by atoms with Crippen LogP contribution in [0.25, 0.3) is 0 Å². The van der Waals surface area contributed by atoms with Crippen LogP contribution in [-0.4, -0.2) is 51.0 Å². The Balaban J connectivity index is 1.97. The molecule has 1 aliphatic heterocycles. The summed E-state index contributed by atoms with van der Waals surface area (Å²) in [5.41, 5.74) is 0.563. The molecule has 0 bridgehead atoms. The Morgan fingerprint density at radius 1 is 1.29 bits per heavy atom. The molecule has 0 saturated carbocycles. The summed E-state index contributed by atoms with van der Waals surface area (Å²) in [5.74, 6) is 0. The molecule has 0 spiro atoms. The van der Waals surface area contributed by atoms with E-state index in [9.17, 15) is 8.42 Å². The summed E-state index contributed by atoms with van der Waals surface area (Å²) in [6.07, 6.45) is 4.85. The first-order valence-electron chi connectivity index (χ1n) is 7.54. The second kappa shape index (κ2) is 7.72. The van der Waals surface area contributed by atoms with Crippen molar-refractivity contribution in [3.63, 3.8) is 0 Å². The zero-order valence-electron chi connectivity index (χ0n) is 12.5. The highest BCUT2D eigenvalue weighted by atomic mass is 32.2. The maximum Gasteiger partial charge on any atom is 0.260 e. The number of nitrogens with one attached hydrogen (secondary N) is 2. The molecule has 2 rings (SSSR count). The second-order valence-electron chi connectivity index (χ2n) is 5.23. The lowest BCUT2D eigenvalue weighted by Gasteiger charge is -2.15. The Morgan fingerprint density at radius 2 is 2.05 bits per heavy atom. The van der Waals surface area contributed by atoms with Gasteiger partial charge < -0.3 is 10.2 Å². The Labute approximate surface area is 127 Å². The van der Waals surface area contributed by atoms with E-state index in [1.165, 1.54) is 19.0 Å². The van der Waals surface area contributed by atoms with Crippen LogP contribution in [0.4, 0.5) is 5.69 Å². The average Bonchev–Trinajstić information content (AvgIpc) is 2.98. The van der Waals surface area contributed by atoms with E-state index in [-0.39, 0.29) is 5.03 Å². The molecule has 2 heterocycles. The van der Waals surface area contributed by atoms with E-state index in [0.717, 1.165) is 32.6 Å². The molecule has 0 amide bonds. The summed E-state index contributed by atoms with van der Waals surface area (Å²) in [4.78, 5) is 6.30. The lowest BCUT2D eigenvalue weighted by Crippen LogP contribution is -2.34. The third kappa shape index (κ3) is 4.66. The van der Waals surface area contributed by atoms with Crippen molar-refractivity contribution >= 4 is 15.7 Å². The van der Waals surface area contributed by atoms with Crippen molar-refractivity contribution in [2.75, 3.05) is 38.0 Å². The first-order chi connectivity index (χ1) is 10.1. The van der Waals surface area contributed by atoms with Gasteiger partial charge in [0.05, 0.1) is 5.69 Å². The van der Waals surface area contributed by atoms with Gasteiger partial charge in [0.1, 0.15) is 0 Å². The standard InChI is InChI=1S/C14H24N4O2S/c1-2-7-15-13-6-5-8-16-14(13)21(19,20)17-9-12-18-10-3-4-11-18/h5-6,8,15,17H,2-4,7,9-12H2,1H3. The van der Waals surface area contributed by atoms with E-state index in [1.807, 2.05) is 6.92 Å². The molecular weight excluding hydrogens is 288 g/mol. The van der Waals surface area contributed by atoms with E-state index in [0.29, 0.717) is 12.2 Å². The van der Waals surface area contributed by atoms with Crippen molar-refractivity contribution in [2.24, 2.45) is 0 Å². The van der Waals surface area contributed by atoms with Crippen molar-refractivity contribution in [1.82, 2.24) is 14.6 Å². The topological polar surface area (TPSA) is 74.3 Å². The zero-order valence-corrected chi connectivity index (χ0v) is 13.3. The number of likely N-dealkylation sites (tertiary alicyclic amines) is 1. The van der Waals surface area contributed by atoms with E-state index in [4.69, 9.17) is 0 Å². The fourth-order valence-corrected chi connectivity index (χ4v) is 3.54. The fraction of sp³-hybridized carbons (Fsp3) is 0.643. The van der Waals surface area contributed by atoms with E-state index in [2.05, 4.69) is 19.9 Å². The third-order valence-electron chi connectivity index (χ3n) is 3.51. The minimum Gasteiger partial charge on any atom is -0.383 e. The SMILES string of the molecule is CCCNc1cccnc1S(=O)(=O)NCCN1CCCC1. The summed E-state index contributed by atoms with van der Waals surface area (Å²) in [7, 11) is -3.56. The zero-order chi connectivity index (χ0) is 15.1. The maximum absolute atomic E-state index is 12.4. The largest absolute Gasteiger partial charge is 0.383 e. The molecule has 1 fully saturated rings. The van der Waals surface area contributed by atoms with Crippen LogP contribution in [-0.2, 0) is 10.0 Å². The highest BCUT2D eigenvalue weighted by molar-refractivity contribution is 7.89. The highest BCUT2D eigenvalue weighted by Gasteiger charge is 2.20. The number of aromatic nitrogens is 1. The molecule has 1 aromatic heterocycles. The smallest absolute Gasteiger partial charge is 0.260 e. The summed E-state index contributed by atoms with van der Waals surface area (Å²) in [6, 6.07) is 3.49. The summed E-state index contributed by atoms with van der Waals surface area (Å²) >= 11 is 0. The van der Waals surface area contributed by atoms with Crippen LogP contribution in [0.1, 0.15) is 26.2 Å². The van der Waals surface area contributed by atoms with Crippen molar-refractivity contribution < 1.29 is 8.42 Å². The number of pyridine rings is 1. The number of hydrogen-bond acceptors (Lipinski definition) is 5. The molecule has 1 aliphatic rings. The summed E-state index contributed by atoms with van der Waals surface area (Å²) < 4.78 is 27.4. The quantitative estimate of drug-likeness (QED) is 0.756. The van der Waals surface area contributed by atoms with Gasteiger partial charge in [-0.1, -0.05) is 6.92 Å². The van der Waals surface area contributed by atoms with Gasteiger partial charge in [-0.25, -0.2) is 18.1 Å². The molecule has 0 unspecified atom stereocenters. The van der Waals surface area contributed by atoms with Gasteiger partial charge in [0, 0.05) is 25.8 Å². The molecule has 2 N–H and O–H groups in total. The van der Waals surface area contributed by atoms with Crippen molar-refractivity contribution in [3.05, 3.63) is 18.3 Å². The molecule has 0 aromatic carbocycles. The van der Waals surface area contributed by atoms with Crippen molar-refractivity contribution in [1.29, 1.82) is 0 Å². The molecule has 0 atom stereocenters. The molecule has 1 saturated heterocycles. The number of nitrogens with zero attached hydrogens (tertiary/aromatic N) is 2. The Bertz CT molecular complexity index is 542. The monoisotopic (exact) mass is 312 g/mol. The lowest BCUT2D eigenvalue weighted by atomic mass is 10.4. The number of rotatable bonds is 8. The molecule has 7 heteroatoms. The first kappa shape index (κ1) is 16.2. The molecule has 21 heavy (non-hydrogen) atoms. The van der Waals surface area contributed by atoms with Gasteiger partial charge in [-0.2, -0.15) is 0 Å². The van der Waals surface area contributed by atoms with Crippen LogP contribution in [0.15, 0.2) is 23.4 Å². The van der Waals surface area contributed by atoms with Gasteiger partial charge in [-0.3, -0.25) is 0 Å². The second-order valence-corrected chi connectivity index (χ2v) is 6.91. The fourth-order valence-electron chi connectivity index (χ4n) is 2.41. The van der Waals surface area contributed by atoms with Crippen LogP contribution in [0.5, 0.6) is 0 Å². The Hall–Kier alpha value is -1.18. The van der Waals surface area contributed by atoms with Crippen molar-refractivity contribution in [2.45, 2.75) is 31.2 Å².